The van der Waals surface area contributed by atoms with Crippen LogP contribution in [0.2, 0.25) is 0 Å². The van der Waals surface area contributed by atoms with E-state index in [0.29, 0.717) is 24.7 Å². The molecule has 0 saturated heterocycles. The van der Waals surface area contributed by atoms with Gasteiger partial charge in [-0.15, -0.1) is 11.8 Å². The molecule has 0 fully saturated rings. The van der Waals surface area contributed by atoms with Gasteiger partial charge in [0.05, 0.1) is 19.0 Å². The topological polar surface area (TPSA) is 38.3 Å². The van der Waals surface area contributed by atoms with E-state index < -0.39 is 11.6 Å². The Balaban J connectivity index is 1.47. The van der Waals surface area contributed by atoms with Crippen LogP contribution in [0.4, 0.5) is 8.78 Å². The van der Waals surface area contributed by atoms with Crippen molar-refractivity contribution in [3.63, 3.8) is 0 Å². The Morgan fingerprint density at radius 1 is 0.862 bits per heavy atom. The minimum atomic E-state index is -0.917. The Labute approximate surface area is 173 Å². The van der Waals surface area contributed by atoms with Crippen LogP contribution in [-0.2, 0) is 29.3 Å². The highest BCUT2D eigenvalue weighted by molar-refractivity contribution is 8.00. The van der Waals surface area contributed by atoms with E-state index in [4.69, 9.17) is 4.74 Å². The van der Waals surface area contributed by atoms with Crippen molar-refractivity contribution >= 4 is 17.7 Å². The van der Waals surface area contributed by atoms with Gasteiger partial charge in [0.15, 0.2) is 11.6 Å². The smallest absolute Gasteiger partial charge is 0.230 e. The van der Waals surface area contributed by atoms with Gasteiger partial charge >= 0.3 is 0 Å². The maximum atomic E-state index is 13.2. The van der Waals surface area contributed by atoms with Crippen LogP contribution in [0.1, 0.15) is 16.7 Å². The number of carbonyl (C=O) groups is 1. The predicted molar refractivity (Wildman–Crippen MR) is 110 cm³/mol. The largest absolute Gasteiger partial charge is 0.372 e. The molecule has 0 saturated carbocycles. The summed E-state index contributed by atoms with van der Waals surface area (Å²) < 4.78 is 32.0. The number of hydrogen-bond acceptors (Lipinski definition) is 3. The van der Waals surface area contributed by atoms with Gasteiger partial charge in [0.1, 0.15) is 0 Å². The number of ether oxygens (including phenoxy) is 1. The Kier molecular flexibility index (Phi) is 7.78. The van der Waals surface area contributed by atoms with Gasteiger partial charge in [-0.25, -0.2) is 8.78 Å². The molecule has 0 aliphatic heterocycles. The van der Waals surface area contributed by atoms with Crippen molar-refractivity contribution in [2.24, 2.45) is 0 Å². The second kappa shape index (κ2) is 10.7. The number of amides is 1. The van der Waals surface area contributed by atoms with Crippen molar-refractivity contribution < 1.29 is 18.3 Å². The maximum Gasteiger partial charge on any atom is 0.230 e. The van der Waals surface area contributed by atoms with Gasteiger partial charge in [-0.2, -0.15) is 0 Å². The number of hydrogen-bond donors (Lipinski definition) is 1. The van der Waals surface area contributed by atoms with E-state index in [2.05, 4.69) is 5.32 Å². The van der Waals surface area contributed by atoms with E-state index in [9.17, 15) is 13.6 Å². The number of thioether (sulfide) groups is 1. The molecule has 1 N–H and O–H groups in total. The molecule has 0 unspecified atom stereocenters. The van der Waals surface area contributed by atoms with Crippen LogP contribution < -0.4 is 5.32 Å². The minimum absolute atomic E-state index is 0.123. The highest BCUT2D eigenvalue weighted by atomic mass is 32.2. The third-order valence-corrected chi connectivity index (χ3v) is 5.22. The first-order chi connectivity index (χ1) is 14.1. The summed E-state index contributed by atoms with van der Waals surface area (Å²) in [6, 6.07) is 21.3. The number of nitrogens with one attached hydrogen (secondary N) is 1. The fourth-order valence-corrected chi connectivity index (χ4v) is 3.44. The van der Waals surface area contributed by atoms with Crippen molar-refractivity contribution in [3.8, 4) is 0 Å². The molecule has 6 heteroatoms. The summed E-state index contributed by atoms with van der Waals surface area (Å²) in [5.41, 5.74) is 3.09. The van der Waals surface area contributed by atoms with Gasteiger partial charge in [-0.3, -0.25) is 4.79 Å². The number of benzene rings is 3. The number of carbonyl (C=O) groups excluding carboxylic acids is 1. The summed E-state index contributed by atoms with van der Waals surface area (Å²) >= 11 is 1.16. The van der Waals surface area contributed by atoms with Crippen molar-refractivity contribution in [1.82, 2.24) is 5.32 Å². The molecule has 0 aliphatic rings. The zero-order valence-corrected chi connectivity index (χ0v) is 16.6. The fourth-order valence-electron chi connectivity index (χ4n) is 2.68. The average Bonchev–Trinajstić information content (AvgIpc) is 2.74. The Bertz CT molecular complexity index is 951. The lowest BCUT2D eigenvalue weighted by molar-refractivity contribution is -0.118. The lowest BCUT2D eigenvalue weighted by Gasteiger charge is -2.11. The summed E-state index contributed by atoms with van der Waals surface area (Å²) in [6.07, 6.45) is 0. The van der Waals surface area contributed by atoms with Gasteiger partial charge in [-0.05, 0) is 34.9 Å². The third kappa shape index (κ3) is 6.69. The van der Waals surface area contributed by atoms with E-state index in [1.54, 1.807) is 0 Å². The van der Waals surface area contributed by atoms with Crippen LogP contribution in [0, 0.1) is 11.6 Å². The molecule has 0 aliphatic carbocycles. The van der Waals surface area contributed by atoms with Gasteiger partial charge in [0.25, 0.3) is 0 Å². The van der Waals surface area contributed by atoms with Crippen LogP contribution in [-0.4, -0.2) is 11.7 Å². The summed E-state index contributed by atoms with van der Waals surface area (Å²) in [5, 5.41) is 2.86. The first-order valence-corrected chi connectivity index (χ1v) is 10.1. The minimum Gasteiger partial charge on any atom is -0.372 e. The zero-order valence-electron chi connectivity index (χ0n) is 15.7. The molecule has 0 bridgehead atoms. The van der Waals surface area contributed by atoms with E-state index >= 15 is 0 Å². The maximum absolute atomic E-state index is 13.2. The molecule has 3 aromatic carbocycles. The highest BCUT2D eigenvalue weighted by Gasteiger charge is 2.08. The molecule has 3 aromatic rings. The van der Waals surface area contributed by atoms with Crippen LogP contribution in [0.15, 0.2) is 77.7 Å². The summed E-state index contributed by atoms with van der Waals surface area (Å²) in [5.74, 6) is -1.87. The average molecular weight is 413 g/mol. The van der Waals surface area contributed by atoms with Crippen LogP contribution in [0.3, 0.4) is 0 Å². The van der Waals surface area contributed by atoms with Crippen LogP contribution >= 0.6 is 11.8 Å². The molecule has 1 amide bonds. The second-order valence-corrected chi connectivity index (χ2v) is 7.44. The molecule has 3 nitrogen and oxygen atoms in total. The molecule has 0 atom stereocenters. The number of halogens is 2. The Morgan fingerprint density at radius 2 is 1.59 bits per heavy atom. The van der Waals surface area contributed by atoms with E-state index in [-0.39, 0.29) is 11.7 Å². The molecule has 0 radical (unpaired) electrons. The van der Waals surface area contributed by atoms with Crippen LogP contribution in [0.5, 0.6) is 0 Å². The van der Waals surface area contributed by atoms with Gasteiger partial charge in [-0.1, -0.05) is 54.6 Å². The van der Waals surface area contributed by atoms with Gasteiger partial charge < -0.3 is 10.1 Å². The summed E-state index contributed by atoms with van der Waals surface area (Å²) in [4.78, 5) is 12.6. The quantitative estimate of drug-likeness (QED) is 0.497. The molecule has 3 rings (SSSR count). The number of rotatable bonds is 9. The molecule has 150 valence electrons. The van der Waals surface area contributed by atoms with Crippen LogP contribution in [0.25, 0.3) is 0 Å². The van der Waals surface area contributed by atoms with Crippen molar-refractivity contribution in [2.45, 2.75) is 24.7 Å². The van der Waals surface area contributed by atoms with Crippen molar-refractivity contribution in [1.29, 1.82) is 0 Å². The van der Waals surface area contributed by atoms with Crippen molar-refractivity contribution in [3.05, 3.63) is 101 Å². The molecule has 0 aromatic heterocycles. The second-order valence-electron chi connectivity index (χ2n) is 6.39. The van der Waals surface area contributed by atoms with Gasteiger partial charge in [0, 0.05) is 11.4 Å². The SMILES string of the molecule is O=C(CSc1ccc(F)c(F)c1)NCc1ccccc1COCc1ccccc1. The Hall–Kier alpha value is -2.70. The molecular weight excluding hydrogens is 392 g/mol. The molecule has 0 spiro atoms. The van der Waals surface area contributed by atoms with E-state index in [0.717, 1.165) is 40.6 Å². The normalized spacial score (nSPS) is 10.7. The molecule has 29 heavy (non-hydrogen) atoms. The lowest BCUT2D eigenvalue weighted by atomic mass is 10.1. The monoisotopic (exact) mass is 413 g/mol. The molecular formula is C23H21F2NO2S. The lowest BCUT2D eigenvalue weighted by Crippen LogP contribution is -2.25. The van der Waals surface area contributed by atoms with E-state index in [1.165, 1.54) is 6.07 Å². The first-order valence-electron chi connectivity index (χ1n) is 9.15. The molecule has 0 heterocycles. The predicted octanol–water partition coefficient (Wildman–Crippen LogP) is 5.09. The zero-order chi connectivity index (χ0) is 20.5. The highest BCUT2D eigenvalue weighted by Crippen LogP contribution is 2.20. The standard InChI is InChI=1S/C23H21F2NO2S/c24-21-11-10-20(12-22(21)25)29-16-23(27)26-13-18-8-4-5-9-19(18)15-28-14-17-6-2-1-3-7-17/h1-12H,13-16H2,(H,26,27). The van der Waals surface area contributed by atoms with Crippen molar-refractivity contribution in [2.75, 3.05) is 5.75 Å². The first kappa shape index (κ1) is 21.0. The van der Waals surface area contributed by atoms with E-state index in [1.807, 2.05) is 54.6 Å². The summed E-state index contributed by atoms with van der Waals surface area (Å²) in [7, 11) is 0. The fraction of sp³-hybridized carbons (Fsp3) is 0.174. The van der Waals surface area contributed by atoms with Gasteiger partial charge in [0.2, 0.25) is 5.91 Å². The summed E-state index contributed by atoms with van der Waals surface area (Å²) in [6.45, 7) is 1.35. The Morgan fingerprint density at radius 3 is 2.34 bits per heavy atom. The third-order valence-electron chi connectivity index (χ3n) is 4.22.